The zero-order valence-corrected chi connectivity index (χ0v) is 11.5. The molecule has 1 rings (SSSR count). The lowest BCUT2D eigenvalue weighted by atomic mass is 10.2. The van der Waals surface area contributed by atoms with Gasteiger partial charge in [-0.05, 0) is 34.5 Å². The maximum absolute atomic E-state index is 11.0. The second kappa shape index (κ2) is 7.33. The van der Waals surface area contributed by atoms with Gasteiger partial charge in [-0.15, -0.1) is 0 Å². The van der Waals surface area contributed by atoms with Crippen molar-refractivity contribution in [3.05, 3.63) is 28.2 Å². The summed E-state index contributed by atoms with van der Waals surface area (Å²) >= 11 is 3.31. The van der Waals surface area contributed by atoms with Crippen molar-refractivity contribution in [3.63, 3.8) is 0 Å². The van der Waals surface area contributed by atoms with E-state index in [0.717, 1.165) is 12.8 Å². The number of ether oxygens (including phenoxy) is 1. The van der Waals surface area contributed by atoms with Crippen molar-refractivity contribution < 1.29 is 14.6 Å². The minimum absolute atomic E-state index is 0.204. The highest BCUT2D eigenvalue weighted by Crippen LogP contribution is 2.29. The molecule has 0 bridgehead atoms. The van der Waals surface area contributed by atoms with Crippen molar-refractivity contribution in [1.29, 1.82) is 0 Å². The molecule has 0 aliphatic heterocycles. The van der Waals surface area contributed by atoms with Crippen LogP contribution < -0.4 is 4.74 Å². The van der Waals surface area contributed by atoms with Gasteiger partial charge in [-0.2, -0.15) is 0 Å². The maximum atomic E-state index is 11.0. The molecule has 0 atom stereocenters. The van der Waals surface area contributed by atoms with E-state index >= 15 is 0 Å². The largest absolute Gasteiger partial charge is 0.491 e. The molecule has 0 aromatic heterocycles. The summed E-state index contributed by atoms with van der Waals surface area (Å²) in [4.78, 5) is 11.0. The van der Waals surface area contributed by atoms with E-state index in [2.05, 4.69) is 22.9 Å². The van der Waals surface area contributed by atoms with Crippen molar-refractivity contribution in [3.8, 4) is 5.75 Å². The van der Waals surface area contributed by atoms with Crippen molar-refractivity contribution in [2.75, 3.05) is 6.61 Å². The highest BCUT2D eigenvalue weighted by Gasteiger charge is 2.13. The van der Waals surface area contributed by atoms with Gasteiger partial charge in [0.1, 0.15) is 11.3 Å². The highest BCUT2D eigenvalue weighted by molar-refractivity contribution is 9.10. The lowest BCUT2D eigenvalue weighted by molar-refractivity contribution is 0.0692. The molecule has 1 aromatic carbocycles. The van der Waals surface area contributed by atoms with Gasteiger partial charge < -0.3 is 9.84 Å². The van der Waals surface area contributed by atoms with Crippen LogP contribution in [0, 0.1) is 0 Å². The van der Waals surface area contributed by atoms with Gasteiger partial charge in [-0.3, -0.25) is 0 Å². The quantitative estimate of drug-likeness (QED) is 0.771. The summed E-state index contributed by atoms with van der Waals surface area (Å²) in [6, 6.07) is 5.03. The van der Waals surface area contributed by atoms with E-state index in [1.807, 2.05) is 0 Å². The van der Waals surface area contributed by atoms with E-state index < -0.39 is 5.97 Å². The van der Waals surface area contributed by atoms with E-state index in [1.165, 1.54) is 12.8 Å². The first-order valence-corrected chi connectivity index (χ1v) is 6.60. The number of carboxylic acid groups (broad SMARTS) is 1. The number of carboxylic acids is 1. The van der Waals surface area contributed by atoms with Crippen molar-refractivity contribution in [2.45, 2.75) is 32.6 Å². The van der Waals surface area contributed by atoms with Gasteiger partial charge in [-0.25, -0.2) is 4.79 Å². The fraction of sp³-hybridized carbons (Fsp3) is 0.462. The zero-order chi connectivity index (χ0) is 12.7. The number of halogens is 1. The van der Waals surface area contributed by atoms with Gasteiger partial charge >= 0.3 is 5.97 Å². The van der Waals surface area contributed by atoms with Gasteiger partial charge in [0.25, 0.3) is 0 Å². The first-order chi connectivity index (χ1) is 8.16. The summed E-state index contributed by atoms with van der Waals surface area (Å²) in [6.45, 7) is 2.71. The Morgan fingerprint density at radius 1 is 1.35 bits per heavy atom. The van der Waals surface area contributed by atoms with Gasteiger partial charge in [-0.1, -0.05) is 32.3 Å². The Balaban J connectivity index is 2.60. The van der Waals surface area contributed by atoms with Crippen LogP contribution in [0.4, 0.5) is 0 Å². The van der Waals surface area contributed by atoms with Crippen LogP contribution in [-0.2, 0) is 0 Å². The normalized spacial score (nSPS) is 10.2. The molecule has 3 nitrogen and oxygen atoms in total. The molecule has 1 aromatic rings. The molecule has 0 radical (unpaired) electrons. The number of hydrogen-bond acceptors (Lipinski definition) is 2. The molecule has 0 amide bonds. The minimum Gasteiger partial charge on any atom is -0.491 e. The van der Waals surface area contributed by atoms with Crippen LogP contribution in [0.5, 0.6) is 5.75 Å². The fourth-order valence-electron chi connectivity index (χ4n) is 1.53. The predicted octanol–water partition coefficient (Wildman–Crippen LogP) is 4.11. The Morgan fingerprint density at radius 2 is 2.12 bits per heavy atom. The van der Waals surface area contributed by atoms with E-state index in [-0.39, 0.29) is 5.56 Å². The number of carbonyl (C=O) groups is 1. The minimum atomic E-state index is -0.963. The molecule has 0 heterocycles. The first kappa shape index (κ1) is 14.0. The van der Waals surface area contributed by atoms with E-state index in [4.69, 9.17) is 9.84 Å². The molecule has 4 heteroatoms. The number of unbranched alkanes of at least 4 members (excludes halogenated alkanes) is 3. The molecule has 17 heavy (non-hydrogen) atoms. The SMILES string of the molecule is CCCCCCOc1c(Br)cccc1C(=O)O. The Labute approximate surface area is 110 Å². The topological polar surface area (TPSA) is 46.5 Å². The van der Waals surface area contributed by atoms with Crippen LogP contribution in [0.2, 0.25) is 0 Å². The number of aromatic carboxylic acids is 1. The molecular formula is C13H17BrO3. The molecule has 0 spiro atoms. The van der Waals surface area contributed by atoms with Crippen LogP contribution in [0.1, 0.15) is 43.0 Å². The Hall–Kier alpha value is -1.03. The van der Waals surface area contributed by atoms with Crippen LogP contribution in [0.25, 0.3) is 0 Å². The lowest BCUT2D eigenvalue weighted by Crippen LogP contribution is -2.05. The average molecular weight is 301 g/mol. The molecule has 1 N–H and O–H groups in total. The highest BCUT2D eigenvalue weighted by atomic mass is 79.9. The number of rotatable bonds is 7. The lowest BCUT2D eigenvalue weighted by Gasteiger charge is -2.10. The Morgan fingerprint density at radius 3 is 2.76 bits per heavy atom. The van der Waals surface area contributed by atoms with Crippen molar-refractivity contribution >= 4 is 21.9 Å². The standard InChI is InChI=1S/C13H17BrO3/c1-2-3-4-5-9-17-12-10(13(15)16)7-6-8-11(12)14/h6-8H,2-5,9H2,1H3,(H,15,16). The molecule has 0 unspecified atom stereocenters. The van der Waals surface area contributed by atoms with Crippen molar-refractivity contribution in [2.24, 2.45) is 0 Å². The Bertz CT molecular complexity index is 377. The number of benzene rings is 1. The summed E-state index contributed by atoms with van der Waals surface area (Å²) in [5.74, 6) is -0.536. The van der Waals surface area contributed by atoms with Crippen molar-refractivity contribution in [1.82, 2.24) is 0 Å². The third kappa shape index (κ3) is 4.38. The second-order valence-electron chi connectivity index (χ2n) is 3.83. The van der Waals surface area contributed by atoms with Gasteiger partial charge in [0.15, 0.2) is 0 Å². The molecule has 0 aliphatic carbocycles. The Kier molecular flexibility index (Phi) is 6.05. The van der Waals surface area contributed by atoms with E-state index in [9.17, 15) is 4.79 Å². The number of hydrogen-bond donors (Lipinski definition) is 1. The van der Waals surface area contributed by atoms with E-state index in [1.54, 1.807) is 18.2 Å². The van der Waals surface area contributed by atoms with Crippen LogP contribution in [0.15, 0.2) is 22.7 Å². The van der Waals surface area contributed by atoms with Crippen LogP contribution >= 0.6 is 15.9 Å². The molecule has 0 saturated carbocycles. The molecule has 0 fully saturated rings. The molecule has 0 aliphatic rings. The predicted molar refractivity (Wildman–Crippen MR) is 70.7 cm³/mol. The maximum Gasteiger partial charge on any atom is 0.339 e. The van der Waals surface area contributed by atoms with Crippen LogP contribution in [0.3, 0.4) is 0 Å². The number of para-hydroxylation sites is 1. The fourth-order valence-corrected chi connectivity index (χ4v) is 2.01. The van der Waals surface area contributed by atoms with E-state index in [0.29, 0.717) is 16.8 Å². The zero-order valence-electron chi connectivity index (χ0n) is 9.91. The summed E-state index contributed by atoms with van der Waals surface area (Å²) in [7, 11) is 0. The van der Waals surface area contributed by atoms with Gasteiger partial charge in [0, 0.05) is 0 Å². The summed E-state index contributed by atoms with van der Waals surface area (Å²) < 4.78 is 6.24. The summed E-state index contributed by atoms with van der Waals surface area (Å²) in [6.07, 6.45) is 4.43. The smallest absolute Gasteiger partial charge is 0.339 e. The monoisotopic (exact) mass is 300 g/mol. The third-order valence-electron chi connectivity index (χ3n) is 2.44. The second-order valence-corrected chi connectivity index (χ2v) is 4.69. The van der Waals surface area contributed by atoms with Gasteiger partial charge in [0.05, 0.1) is 11.1 Å². The summed E-state index contributed by atoms with van der Waals surface area (Å²) in [5.41, 5.74) is 0.204. The molecular weight excluding hydrogens is 284 g/mol. The summed E-state index contributed by atoms with van der Waals surface area (Å²) in [5, 5.41) is 9.03. The molecule has 94 valence electrons. The first-order valence-electron chi connectivity index (χ1n) is 5.81. The van der Waals surface area contributed by atoms with Gasteiger partial charge in [0.2, 0.25) is 0 Å². The van der Waals surface area contributed by atoms with Crippen LogP contribution in [-0.4, -0.2) is 17.7 Å². The molecule has 0 saturated heterocycles. The third-order valence-corrected chi connectivity index (χ3v) is 3.07. The average Bonchev–Trinajstić information content (AvgIpc) is 2.30.